The van der Waals surface area contributed by atoms with Crippen LogP contribution in [0.1, 0.15) is 96.8 Å². The third-order valence-corrected chi connectivity index (χ3v) is 4.70. The van der Waals surface area contributed by atoms with E-state index in [1.54, 1.807) is 0 Å². The molecular formula is C20H38NO2. The van der Waals surface area contributed by atoms with E-state index in [2.05, 4.69) is 18.4 Å². The standard InChI is InChI=1S/C20H38NO2/c1-3-4-5-6-7-8-9-10-11-12-13-14-15-20(22)23-19-16-17-21(2)18-19/h17,19H,3-16,18H2,1-2H3. The average molecular weight is 325 g/mol. The Labute approximate surface area is 144 Å². The Hall–Kier alpha value is -0.570. The zero-order chi connectivity index (χ0) is 16.8. The molecule has 1 heterocycles. The zero-order valence-electron chi connectivity index (χ0n) is 15.5. The summed E-state index contributed by atoms with van der Waals surface area (Å²) in [7, 11) is 2.03. The Morgan fingerprint density at radius 2 is 1.48 bits per heavy atom. The Kier molecular flexibility index (Phi) is 12.3. The van der Waals surface area contributed by atoms with Crippen molar-refractivity contribution in [2.45, 2.75) is 103 Å². The fourth-order valence-corrected chi connectivity index (χ4v) is 3.21. The Balaban J connectivity index is 1.78. The molecule has 3 heteroatoms. The quantitative estimate of drug-likeness (QED) is 0.313. The Morgan fingerprint density at radius 1 is 0.957 bits per heavy atom. The van der Waals surface area contributed by atoms with E-state index in [1.165, 1.54) is 70.6 Å². The molecule has 135 valence electrons. The molecule has 1 atom stereocenters. The lowest BCUT2D eigenvalue weighted by Gasteiger charge is -2.12. The molecule has 1 unspecified atom stereocenters. The van der Waals surface area contributed by atoms with E-state index in [0.29, 0.717) is 6.42 Å². The topological polar surface area (TPSA) is 29.5 Å². The molecule has 0 bridgehead atoms. The number of nitrogens with zero attached hydrogens (tertiary/aromatic N) is 1. The van der Waals surface area contributed by atoms with Crippen LogP contribution in [0.2, 0.25) is 0 Å². The minimum atomic E-state index is -0.00854. The van der Waals surface area contributed by atoms with Gasteiger partial charge in [0.1, 0.15) is 6.10 Å². The van der Waals surface area contributed by atoms with E-state index in [1.807, 2.05) is 7.05 Å². The van der Waals surface area contributed by atoms with Crippen molar-refractivity contribution in [2.24, 2.45) is 0 Å². The average Bonchev–Trinajstić information content (AvgIpc) is 2.93. The molecule has 0 amide bonds. The summed E-state index contributed by atoms with van der Waals surface area (Å²) in [6, 6.07) is 0. The van der Waals surface area contributed by atoms with Crippen LogP contribution >= 0.6 is 0 Å². The summed E-state index contributed by atoms with van der Waals surface area (Å²) in [5.41, 5.74) is 0. The highest BCUT2D eigenvalue weighted by Gasteiger charge is 2.22. The van der Waals surface area contributed by atoms with Crippen molar-refractivity contribution >= 4 is 5.97 Å². The maximum absolute atomic E-state index is 11.7. The van der Waals surface area contributed by atoms with Crippen LogP contribution < -0.4 is 0 Å². The van der Waals surface area contributed by atoms with Crippen LogP contribution in [0.5, 0.6) is 0 Å². The van der Waals surface area contributed by atoms with Crippen LogP contribution in [-0.4, -0.2) is 30.6 Å². The van der Waals surface area contributed by atoms with E-state index >= 15 is 0 Å². The lowest BCUT2D eigenvalue weighted by atomic mass is 10.0. The number of carbonyl (C=O) groups is 1. The highest BCUT2D eigenvalue weighted by Crippen LogP contribution is 2.16. The molecule has 0 spiro atoms. The number of likely N-dealkylation sites (tertiary alicyclic amines) is 1. The van der Waals surface area contributed by atoms with Gasteiger partial charge in [-0.05, 0) is 13.5 Å². The third-order valence-electron chi connectivity index (χ3n) is 4.70. The van der Waals surface area contributed by atoms with Crippen LogP contribution in [-0.2, 0) is 9.53 Å². The first-order valence-corrected chi connectivity index (χ1v) is 9.95. The van der Waals surface area contributed by atoms with Gasteiger partial charge in [-0.3, -0.25) is 9.69 Å². The molecular weight excluding hydrogens is 286 g/mol. The summed E-state index contributed by atoms with van der Waals surface area (Å²) in [4.78, 5) is 13.8. The van der Waals surface area contributed by atoms with Crippen molar-refractivity contribution < 1.29 is 9.53 Å². The normalized spacial score (nSPS) is 18.4. The zero-order valence-corrected chi connectivity index (χ0v) is 15.5. The first-order chi connectivity index (χ1) is 11.2. The lowest BCUT2D eigenvalue weighted by Crippen LogP contribution is -2.21. The summed E-state index contributed by atoms with van der Waals surface area (Å²) in [5.74, 6) is -0.00854. The maximum Gasteiger partial charge on any atom is 0.306 e. The van der Waals surface area contributed by atoms with Crippen LogP contribution in [0.3, 0.4) is 0 Å². The predicted octanol–water partition coefficient (Wildman–Crippen LogP) is 5.49. The van der Waals surface area contributed by atoms with Crippen molar-refractivity contribution in [3.63, 3.8) is 0 Å². The molecule has 0 aromatic carbocycles. The Morgan fingerprint density at radius 3 is 1.96 bits per heavy atom. The number of rotatable bonds is 14. The number of esters is 1. The van der Waals surface area contributed by atoms with Crippen LogP contribution in [0, 0.1) is 6.54 Å². The highest BCUT2D eigenvalue weighted by molar-refractivity contribution is 5.69. The molecule has 1 saturated heterocycles. The van der Waals surface area contributed by atoms with Gasteiger partial charge in [0.15, 0.2) is 0 Å². The van der Waals surface area contributed by atoms with E-state index < -0.39 is 0 Å². The summed E-state index contributed by atoms with van der Waals surface area (Å²) < 4.78 is 5.47. The lowest BCUT2D eigenvalue weighted by molar-refractivity contribution is -0.148. The molecule has 1 aliphatic rings. The third kappa shape index (κ3) is 11.6. The second kappa shape index (κ2) is 13.8. The molecule has 1 aliphatic heterocycles. The summed E-state index contributed by atoms with van der Waals surface area (Å²) in [6.07, 6.45) is 17.5. The molecule has 1 fully saturated rings. The molecule has 0 aromatic heterocycles. The first-order valence-electron chi connectivity index (χ1n) is 9.95. The van der Waals surface area contributed by atoms with E-state index in [-0.39, 0.29) is 12.1 Å². The monoisotopic (exact) mass is 324 g/mol. The van der Waals surface area contributed by atoms with Crippen LogP contribution in [0.15, 0.2) is 0 Å². The fourth-order valence-electron chi connectivity index (χ4n) is 3.21. The van der Waals surface area contributed by atoms with Gasteiger partial charge in [-0.1, -0.05) is 77.6 Å². The number of likely N-dealkylation sites (N-methyl/N-ethyl adjacent to an activating group) is 1. The van der Waals surface area contributed by atoms with Gasteiger partial charge < -0.3 is 4.74 Å². The number of carbonyl (C=O) groups excluding carboxylic acids is 1. The van der Waals surface area contributed by atoms with Gasteiger partial charge in [-0.25, -0.2) is 0 Å². The van der Waals surface area contributed by atoms with Gasteiger partial charge in [0.05, 0.1) is 0 Å². The number of hydrogen-bond donors (Lipinski definition) is 0. The van der Waals surface area contributed by atoms with Crippen LogP contribution in [0.25, 0.3) is 0 Å². The number of hydrogen-bond acceptors (Lipinski definition) is 3. The van der Waals surface area contributed by atoms with Gasteiger partial charge in [0.2, 0.25) is 0 Å². The van der Waals surface area contributed by atoms with Crippen molar-refractivity contribution in [3.05, 3.63) is 6.54 Å². The van der Waals surface area contributed by atoms with Crippen molar-refractivity contribution in [2.75, 3.05) is 13.6 Å². The molecule has 23 heavy (non-hydrogen) atoms. The smallest absolute Gasteiger partial charge is 0.306 e. The van der Waals surface area contributed by atoms with E-state index in [4.69, 9.17) is 4.74 Å². The van der Waals surface area contributed by atoms with Crippen LogP contribution in [0.4, 0.5) is 0 Å². The molecule has 1 rings (SSSR count). The van der Waals surface area contributed by atoms with Gasteiger partial charge in [-0.2, -0.15) is 0 Å². The number of unbranched alkanes of at least 4 members (excludes halogenated alkanes) is 11. The minimum Gasteiger partial charge on any atom is -0.461 e. The van der Waals surface area contributed by atoms with E-state index in [9.17, 15) is 4.79 Å². The maximum atomic E-state index is 11.7. The summed E-state index contributed by atoms with van der Waals surface area (Å²) in [6.45, 7) is 5.22. The minimum absolute atomic E-state index is 0.00854. The largest absolute Gasteiger partial charge is 0.461 e. The number of ether oxygens (including phenoxy) is 1. The summed E-state index contributed by atoms with van der Waals surface area (Å²) >= 11 is 0. The second-order valence-electron chi connectivity index (χ2n) is 7.11. The van der Waals surface area contributed by atoms with Gasteiger partial charge in [0, 0.05) is 25.9 Å². The van der Waals surface area contributed by atoms with Crippen molar-refractivity contribution in [1.29, 1.82) is 0 Å². The first kappa shape index (κ1) is 20.5. The molecule has 3 nitrogen and oxygen atoms in total. The highest BCUT2D eigenvalue weighted by atomic mass is 16.5. The van der Waals surface area contributed by atoms with Gasteiger partial charge >= 0.3 is 5.97 Å². The predicted molar refractivity (Wildman–Crippen MR) is 97.1 cm³/mol. The fraction of sp³-hybridized carbons (Fsp3) is 0.900. The molecule has 0 aliphatic carbocycles. The van der Waals surface area contributed by atoms with Crippen molar-refractivity contribution in [1.82, 2.24) is 4.90 Å². The van der Waals surface area contributed by atoms with Gasteiger partial charge in [0.25, 0.3) is 0 Å². The van der Waals surface area contributed by atoms with Crippen molar-refractivity contribution in [3.8, 4) is 0 Å². The summed E-state index contributed by atoms with van der Waals surface area (Å²) in [5, 5.41) is 0. The van der Waals surface area contributed by atoms with E-state index in [0.717, 1.165) is 19.4 Å². The molecule has 1 radical (unpaired) electrons. The van der Waals surface area contributed by atoms with Gasteiger partial charge in [-0.15, -0.1) is 0 Å². The SMILES string of the molecule is CCCCCCCCCCCCCCC(=O)OC1C[CH]N(C)C1. The molecule has 0 aromatic rings. The molecule has 0 N–H and O–H groups in total. The molecule has 0 saturated carbocycles. The Bertz CT molecular complexity index is 293. The second-order valence-corrected chi connectivity index (χ2v) is 7.11.